The van der Waals surface area contributed by atoms with E-state index < -0.39 is 48.2 Å². The molecule has 0 spiro atoms. The zero-order valence-corrected chi connectivity index (χ0v) is 25.7. The van der Waals surface area contributed by atoms with Gasteiger partial charge in [0.05, 0.1) is 65.9 Å². The number of carbonyl (C=O) groups excluding carboxylic acids is 3. The highest BCUT2D eigenvalue weighted by Crippen LogP contribution is 2.00. The molecule has 1 fully saturated rings. The second kappa shape index (κ2) is 27.1. The number of aldehydes is 1. The van der Waals surface area contributed by atoms with E-state index in [2.05, 4.69) is 10.6 Å². The van der Waals surface area contributed by atoms with Crippen molar-refractivity contribution in [2.75, 3.05) is 99.2 Å². The number of carbonyl (C=O) groups is 6. The zero-order chi connectivity index (χ0) is 33.9. The molecule has 18 heteroatoms. The van der Waals surface area contributed by atoms with Crippen LogP contribution in [-0.2, 0) is 47.7 Å². The summed E-state index contributed by atoms with van der Waals surface area (Å²) in [5, 5.41) is 39.1. The van der Waals surface area contributed by atoms with Gasteiger partial charge in [0.15, 0.2) is 0 Å². The van der Waals surface area contributed by atoms with Crippen molar-refractivity contribution in [3.63, 3.8) is 0 Å². The van der Waals surface area contributed by atoms with Crippen LogP contribution in [0.5, 0.6) is 0 Å². The molecule has 2 atom stereocenters. The van der Waals surface area contributed by atoms with E-state index in [1.165, 1.54) is 0 Å². The molecular weight excluding hydrogens is 604 g/mol. The number of carboxylic acid groups (broad SMARTS) is 3. The zero-order valence-electron chi connectivity index (χ0n) is 25.7. The minimum Gasteiger partial charge on any atom is -0.481 e. The fourth-order valence-electron chi connectivity index (χ4n) is 3.86. The van der Waals surface area contributed by atoms with Crippen LogP contribution < -0.4 is 10.6 Å². The van der Waals surface area contributed by atoms with E-state index in [0.29, 0.717) is 32.5 Å². The van der Waals surface area contributed by atoms with Crippen LogP contribution in [0.3, 0.4) is 0 Å². The van der Waals surface area contributed by atoms with Gasteiger partial charge < -0.3 is 54.8 Å². The van der Waals surface area contributed by atoms with Crippen LogP contribution in [0, 0.1) is 0 Å². The van der Waals surface area contributed by atoms with Crippen LogP contribution in [0.25, 0.3) is 0 Å². The summed E-state index contributed by atoms with van der Waals surface area (Å²) in [6, 6.07) is -2.47. The highest BCUT2D eigenvalue weighted by molar-refractivity contribution is 5.85. The van der Waals surface area contributed by atoms with Crippen LogP contribution in [-0.4, -0.2) is 178 Å². The van der Waals surface area contributed by atoms with Crippen molar-refractivity contribution >= 4 is 36.0 Å². The Morgan fingerprint density at radius 3 is 1.31 bits per heavy atom. The molecule has 0 radical (unpaired) electrons. The molecule has 0 aromatic rings. The third-order valence-electron chi connectivity index (χ3n) is 6.17. The largest absolute Gasteiger partial charge is 0.481 e. The Bertz CT molecular complexity index is 858. The van der Waals surface area contributed by atoms with Gasteiger partial charge in [0.2, 0.25) is 11.8 Å². The maximum absolute atomic E-state index is 12.5. The molecule has 0 bridgehead atoms. The smallest absolute Gasteiger partial charge is 0.326 e. The topological polar surface area (TPSA) is 251 Å². The number of nitrogens with one attached hydrogen (secondary N) is 2. The van der Waals surface area contributed by atoms with E-state index >= 15 is 0 Å². The summed E-state index contributed by atoms with van der Waals surface area (Å²) in [5.41, 5.74) is 0. The third kappa shape index (κ3) is 22.8. The molecule has 2 amide bonds. The highest BCUT2D eigenvalue weighted by Gasteiger charge is 2.23. The average molecular weight is 653 g/mol. The van der Waals surface area contributed by atoms with Gasteiger partial charge in [-0.3, -0.25) is 24.2 Å². The molecule has 0 saturated carbocycles. The van der Waals surface area contributed by atoms with Crippen LogP contribution >= 0.6 is 0 Å². The minimum atomic E-state index is -1.31. The molecule has 1 saturated heterocycles. The van der Waals surface area contributed by atoms with Crippen molar-refractivity contribution in [1.82, 2.24) is 20.4 Å². The Kier molecular flexibility index (Phi) is 25.1. The second-order valence-corrected chi connectivity index (χ2v) is 9.59. The van der Waals surface area contributed by atoms with E-state index in [1.54, 1.807) is 9.80 Å². The molecule has 1 aliphatic heterocycles. The number of hydrogen-bond donors (Lipinski definition) is 6. The monoisotopic (exact) mass is 652 g/mol. The fraction of sp³-hybridized carbons (Fsp3) is 0.778. The SMILES string of the molecule is CO.O=CCCC(NC(=O)CN1CCOCCOCCN(CC(=O)NC(CCC(=O)O)C(=O)O)CCOCCOCC1)C(=O)O. The van der Waals surface area contributed by atoms with Crippen LogP contribution in [0.15, 0.2) is 0 Å². The summed E-state index contributed by atoms with van der Waals surface area (Å²) in [6.45, 7) is 3.28. The molecule has 2 unspecified atom stereocenters. The number of carboxylic acids is 3. The number of aliphatic hydroxyl groups is 1. The summed E-state index contributed by atoms with van der Waals surface area (Å²) in [7, 11) is 1.00. The first-order valence-corrected chi connectivity index (χ1v) is 14.5. The van der Waals surface area contributed by atoms with Crippen molar-refractivity contribution in [3.05, 3.63) is 0 Å². The molecule has 1 aliphatic rings. The predicted octanol–water partition coefficient (Wildman–Crippen LogP) is -2.74. The van der Waals surface area contributed by atoms with Crippen molar-refractivity contribution in [2.45, 2.75) is 37.8 Å². The predicted molar refractivity (Wildman–Crippen MR) is 156 cm³/mol. The van der Waals surface area contributed by atoms with Gasteiger partial charge in [0.25, 0.3) is 0 Å². The first-order chi connectivity index (χ1) is 21.6. The van der Waals surface area contributed by atoms with Crippen LogP contribution in [0.4, 0.5) is 0 Å². The standard InChI is InChI=1S/C26H44N4O13.CH4O/c31-9-1-2-20(25(36)37)27-22(32)18-29-5-10-40-14-16-42-12-7-30(8-13-43-17-15-41-11-6-29)19-23(33)28-21(26(38)39)3-4-24(34)35;1-2/h9,20-21H,1-8,10-19H2,(H,27,32)(H,28,33)(H,34,35)(H,36,37)(H,38,39);2H,1H3. The van der Waals surface area contributed by atoms with Gasteiger partial charge in [-0.05, 0) is 12.8 Å². The van der Waals surface area contributed by atoms with Gasteiger partial charge in [-0.15, -0.1) is 0 Å². The summed E-state index contributed by atoms with van der Waals surface area (Å²) in [4.78, 5) is 72.5. The first-order valence-electron chi connectivity index (χ1n) is 14.5. The number of aliphatic carboxylic acids is 3. The molecule has 0 aromatic carbocycles. The summed E-state index contributed by atoms with van der Waals surface area (Å²) in [6.07, 6.45) is -0.00953. The van der Waals surface area contributed by atoms with E-state index in [4.69, 9.17) is 29.2 Å². The highest BCUT2D eigenvalue weighted by atomic mass is 16.5. The van der Waals surface area contributed by atoms with Gasteiger partial charge in [-0.1, -0.05) is 0 Å². The number of rotatable bonds is 14. The number of hydrogen-bond acceptors (Lipinski definition) is 13. The number of nitrogens with zero attached hydrogens (tertiary/aromatic N) is 2. The van der Waals surface area contributed by atoms with Crippen LogP contribution in [0.2, 0.25) is 0 Å². The molecule has 0 aliphatic carbocycles. The first kappa shape index (κ1) is 41.7. The maximum atomic E-state index is 12.5. The second-order valence-electron chi connectivity index (χ2n) is 9.59. The third-order valence-corrected chi connectivity index (χ3v) is 6.17. The Morgan fingerprint density at radius 1 is 0.644 bits per heavy atom. The number of ether oxygens (including phenoxy) is 4. The fourth-order valence-corrected chi connectivity index (χ4v) is 3.86. The Morgan fingerprint density at radius 2 is 1.00 bits per heavy atom. The van der Waals surface area contributed by atoms with E-state index in [-0.39, 0.29) is 85.2 Å². The van der Waals surface area contributed by atoms with Crippen molar-refractivity contribution in [2.24, 2.45) is 0 Å². The summed E-state index contributed by atoms with van der Waals surface area (Å²) in [5.74, 6) is -4.75. The van der Waals surface area contributed by atoms with Gasteiger partial charge in [-0.25, -0.2) is 9.59 Å². The maximum Gasteiger partial charge on any atom is 0.326 e. The molecule has 260 valence electrons. The van der Waals surface area contributed by atoms with E-state index in [0.717, 1.165) is 7.11 Å². The van der Waals surface area contributed by atoms with Crippen molar-refractivity contribution < 1.29 is 68.1 Å². The van der Waals surface area contributed by atoms with Gasteiger partial charge in [0, 0.05) is 46.1 Å². The molecule has 1 heterocycles. The number of amides is 2. The van der Waals surface area contributed by atoms with Gasteiger partial charge in [0.1, 0.15) is 18.4 Å². The molecule has 6 N–H and O–H groups in total. The van der Waals surface area contributed by atoms with Crippen molar-refractivity contribution in [1.29, 1.82) is 0 Å². The molecule has 45 heavy (non-hydrogen) atoms. The van der Waals surface area contributed by atoms with Gasteiger partial charge in [-0.2, -0.15) is 0 Å². The normalized spacial score (nSPS) is 18.0. The van der Waals surface area contributed by atoms with Crippen molar-refractivity contribution in [3.8, 4) is 0 Å². The lowest BCUT2D eigenvalue weighted by Crippen LogP contribution is -2.47. The summed E-state index contributed by atoms with van der Waals surface area (Å²) >= 11 is 0. The molecule has 18 nitrogen and oxygen atoms in total. The number of aliphatic hydroxyl groups excluding tert-OH is 1. The lowest BCUT2D eigenvalue weighted by Gasteiger charge is -2.24. The lowest BCUT2D eigenvalue weighted by atomic mass is 10.1. The van der Waals surface area contributed by atoms with E-state index in [1.807, 2.05) is 0 Å². The Balaban J connectivity index is 0.00000947. The molecular formula is C27H48N4O14. The molecule has 1 rings (SSSR count). The Hall–Kier alpha value is -3.26. The minimum absolute atomic E-state index is 0.00153. The van der Waals surface area contributed by atoms with E-state index in [9.17, 15) is 39.0 Å². The quantitative estimate of drug-likeness (QED) is 0.104. The molecule has 0 aromatic heterocycles. The Labute approximate surface area is 261 Å². The summed E-state index contributed by atoms with van der Waals surface area (Å²) < 4.78 is 22.4. The average Bonchev–Trinajstić information content (AvgIpc) is 2.99. The van der Waals surface area contributed by atoms with Crippen LogP contribution in [0.1, 0.15) is 25.7 Å². The van der Waals surface area contributed by atoms with Gasteiger partial charge >= 0.3 is 17.9 Å². The lowest BCUT2D eigenvalue weighted by molar-refractivity contribution is -0.143.